The smallest absolute Gasteiger partial charge is 0.0468 e. The minimum atomic E-state index is 0.0972. The topological polar surface area (TPSA) is 41.8 Å². The summed E-state index contributed by atoms with van der Waals surface area (Å²) >= 11 is 3.46. The molecule has 0 saturated carbocycles. The van der Waals surface area contributed by atoms with Gasteiger partial charge >= 0.3 is 0 Å². The highest BCUT2D eigenvalue weighted by Gasteiger charge is 2.14. The van der Waals surface area contributed by atoms with E-state index in [9.17, 15) is 0 Å². The molecule has 0 aliphatic carbocycles. The third kappa shape index (κ3) is 1.94. The summed E-state index contributed by atoms with van der Waals surface area (Å²) in [6.45, 7) is 4.28. The van der Waals surface area contributed by atoms with E-state index in [4.69, 9.17) is 5.73 Å². The van der Waals surface area contributed by atoms with Crippen LogP contribution < -0.4 is 5.73 Å². The van der Waals surface area contributed by atoms with E-state index in [0.717, 1.165) is 9.99 Å². The van der Waals surface area contributed by atoms with Crippen molar-refractivity contribution < 1.29 is 0 Å². The van der Waals surface area contributed by atoms with Crippen LogP contribution in [0.15, 0.2) is 28.9 Å². The maximum Gasteiger partial charge on any atom is 0.0468 e. The summed E-state index contributed by atoms with van der Waals surface area (Å²) in [6, 6.07) is 6.33. The molecule has 0 amide bonds. The fraction of sp³-hybridized carbons (Fsp3) is 0.333. The van der Waals surface area contributed by atoms with Gasteiger partial charge in [0.05, 0.1) is 0 Å². The van der Waals surface area contributed by atoms with Crippen molar-refractivity contribution in [1.29, 1.82) is 0 Å². The Kier molecular flexibility index (Phi) is 2.85. The molecule has 0 aliphatic rings. The predicted octanol–water partition coefficient (Wildman–Crippen LogP) is 3.59. The Bertz CT molecular complexity index is 473. The van der Waals surface area contributed by atoms with Crippen LogP contribution in [0.25, 0.3) is 10.9 Å². The first-order valence-corrected chi connectivity index (χ1v) is 5.91. The van der Waals surface area contributed by atoms with Crippen LogP contribution in [0, 0.1) is 5.92 Å². The standard InChI is InChI=1S/C12H15BrN2/c1-7(2)12(14)10-6-15-11-5-8(13)3-4-9(10)11/h3-7,12,15H,14H2,1-2H3. The van der Waals surface area contributed by atoms with Crippen molar-refractivity contribution in [3.63, 3.8) is 0 Å². The van der Waals surface area contributed by atoms with Gasteiger partial charge in [-0.2, -0.15) is 0 Å². The molecular weight excluding hydrogens is 252 g/mol. The van der Waals surface area contributed by atoms with Gasteiger partial charge in [0.1, 0.15) is 0 Å². The first-order valence-electron chi connectivity index (χ1n) is 5.11. The lowest BCUT2D eigenvalue weighted by Gasteiger charge is -2.14. The van der Waals surface area contributed by atoms with Gasteiger partial charge in [0, 0.05) is 27.6 Å². The third-order valence-electron chi connectivity index (χ3n) is 2.75. The quantitative estimate of drug-likeness (QED) is 0.857. The number of hydrogen-bond acceptors (Lipinski definition) is 1. The second-order valence-corrected chi connectivity index (χ2v) is 5.12. The van der Waals surface area contributed by atoms with Gasteiger partial charge in [0.2, 0.25) is 0 Å². The van der Waals surface area contributed by atoms with E-state index >= 15 is 0 Å². The predicted molar refractivity (Wildman–Crippen MR) is 67.8 cm³/mol. The molecule has 1 aromatic heterocycles. The molecule has 0 spiro atoms. The molecule has 0 aliphatic heterocycles. The lowest BCUT2D eigenvalue weighted by molar-refractivity contribution is 0.517. The van der Waals surface area contributed by atoms with Gasteiger partial charge in [-0.3, -0.25) is 0 Å². The van der Waals surface area contributed by atoms with Crippen molar-refractivity contribution in [3.05, 3.63) is 34.4 Å². The molecule has 2 rings (SSSR count). The molecule has 1 aromatic carbocycles. The highest BCUT2D eigenvalue weighted by atomic mass is 79.9. The van der Waals surface area contributed by atoms with Crippen LogP contribution in [0.2, 0.25) is 0 Å². The number of rotatable bonds is 2. The van der Waals surface area contributed by atoms with Crippen molar-refractivity contribution in [1.82, 2.24) is 4.98 Å². The second kappa shape index (κ2) is 3.99. The molecule has 2 aromatic rings. The lowest BCUT2D eigenvalue weighted by Crippen LogP contribution is -2.16. The minimum Gasteiger partial charge on any atom is -0.361 e. The van der Waals surface area contributed by atoms with Gasteiger partial charge in [-0.05, 0) is 23.6 Å². The summed E-state index contributed by atoms with van der Waals surface area (Å²) in [5, 5.41) is 1.22. The number of nitrogens with two attached hydrogens (primary N) is 1. The number of hydrogen-bond donors (Lipinski definition) is 2. The van der Waals surface area contributed by atoms with Crippen LogP contribution in [0.4, 0.5) is 0 Å². The SMILES string of the molecule is CC(C)C(N)c1c[nH]c2cc(Br)ccc12. The van der Waals surface area contributed by atoms with Crippen LogP contribution in [0.5, 0.6) is 0 Å². The fourth-order valence-corrected chi connectivity index (χ4v) is 2.12. The van der Waals surface area contributed by atoms with E-state index in [0.29, 0.717) is 5.92 Å². The summed E-state index contributed by atoms with van der Waals surface area (Å²) in [6.07, 6.45) is 2.02. The lowest BCUT2D eigenvalue weighted by atomic mass is 9.97. The zero-order chi connectivity index (χ0) is 11.0. The van der Waals surface area contributed by atoms with Gasteiger partial charge in [-0.25, -0.2) is 0 Å². The third-order valence-corrected chi connectivity index (χ3v) is 3.25. The molecule has 1 unspecified atom stereocenters. The summed E-state index contributed by atoms with van der Waals surface area (Å²) in [4.78, 5) is 3.25. The first-order chi connectivity index (χ1) is 7.09. The number of fused-ring (bicyclic) bond motifs is 1. The maximum absolute atomic E-state index is 6.15. The molecule has 2 nitrogen and oxygen atoms in total. The summed E-state index contributed by atoms with van der Waals surface area (Å²) in [5.74, 6) is 0.452. The maximum atomic E-state index is 6.15. The van der Waals surface area contributed by atoms with Crippen molar-refractivity contribution in [3.8, 4) is 0 Å². The molecule has 3 heteroatoms. The molecule has 0 bridgehead atoms. The monoisotopic (exact) mass is 266 g/mol. The highest BCUT2D eigenvalue weighted by molar-refractivity contribution is 9.10. The molecule has 80 valence electrons. The number of aromatic nitrogens is 1. The van der Waals surface area contributed by atoms with Gasteiger partial charge in [0.25, 0.3) is 0 Å². The molecule has 0 saturated heterocycles. The molecular formula is C12H15BrN2. The van der Waals surface area contributed by atoms with Gasteiger partial charge in [0.15, 0.2) is 0 Å². The zero-order valence-corrected chi connectivity index (χ0v) is 10.5. The molecule has 0 fully saturated rings. The Morgan fingerprint density at radius 3 is 2.73 bits per heavy atom. The summed E-state index contributed by atoms with van der Waals surface area (Å²) < 4.78 is 1.08. The minimum absolute atomic E-state index is 0.0972. The summed E-state index contributed by atoms with van der Waals surface area (Å²) in [7, 11) is 0. The van der Waals surface area contributed by atoms with E-state index in [1.165, 1.54) is 10.9 Å². The molecule has 15 heavy (non-hydrogen) atoms. The molecule has 3 N–H and O–H groups in total. The normalized spacial score (nSPS) is 13.7. The van der Waals surface area contributed by atoms with Crippen LogP contribution in [0.1, 0.15) is 25.5 Å². The van der Waals surface area contributed by atoms with E-state index in [1.54, 1.807) is 0 Å². The van der Waals surface area contributed by atoms with Crippen LogP contribution in [0.3, 0.4) is 0 Å². The van der Waals surface area contributed by atoms with E-state index in [-0.39, 0.29) is 6.04 Å². The molecule has 0 radical (unpaired) electrons. The average molecular weight is 267 g/mol. The summed E-state index contributed by atoms with van der Waals surface area (Å²) in [5.41, 5.74) is 8.49. The second-order valence-electron chi connectivity index (χ2n) is 4.20. The Hall–Kier alpha value is -0.800. The van der Waals surface area contributed by atoms with Crippen LogP contribution in [-0.2, 0) is 0 Å². The Labute approximate surface area is 98.0 Å². The zero-order valence-electron chi connectivity index (χ0n) is 8.92. The van der Waals surface area contributed by atoms with Crippen molar-refractivity contribution >= 4 is 26.8 Å². The molecule has 1 atom stereocenters. The number of aromatic amines is 1. The van der Waals surface area contributed by atoms with Gasteiger partial charge < -0.3 is 10.7 Å². The highest BCUT2D eigenvalue weighted by Crippen LogP contribution is 2.28. The van der Waals surface area contributed by atoms with Crippen LogP contribution in [-0.4, -0.2) is 4.98 Å². The molecule has 1 heterocycles. The van der Waals surface area contributed by atoms with Crippen molar-refractivity contribution in [2.75, 3.05) is 0 Å². The van der Waals surface area contributed by atoms with E-state index in [1.807, 2.05) is 12.3 Å². The Balaban J connectivity index is 2.54. The van der Waals surface area contributed by atoms with Gasteiger partial charge in [-0.15, -0.1) is 0 Å². The Morgan fingerprint density at radius 2 is 2.07 bits per heavy atom. The Morgan fingerprint density at radius 1 is 1.33 bits per heavy atom. The number of benzene rings is 1. The largest absolute Gasteiger partial charge is 0.361 e. The van der Waals surface area contributed by atoms with Crippen molar-refractivity contribution in [2.24, 2.45) is 11.7 Å². The number of H-pyrrole nitrogens is 1. The number of nitrogens with one attached hydrogen (secondary N) is 1. The van der Waals surface area contributed by atoms with Crippen LogP contribution >= 0.6 is 15.9 Å². The fourth-order valence-electron chi connectivity index (χ4n) is 1.76. The number of halogens is 1. The average Bonchev–Trinajstić information content (AvgIpc) is 2.59. The van der Waals surface area contributed by atoms with E-state index < -0.39 is 0 Å². The first kappa shape index (κ1) is 10.7. The van der Waals surface area contributed by atoms with Crippen molar-refractivity contribution in [2.45, 2.75) is 19.9 Å². The van der Waals surface area contributed by atoms with E-state index in [2.05, 4.69) is 46.9 Å². The van der Waals surface area contributed by atoms with Gasteiger partial charge in [-0.1, -0.05) is 35.8 Å².